The SMILES string of the molecule is COc1ccc(C2CC(=O)N(c3cccc(C(N)=O)c3)C2)cc1OCC#N. The number of rotatable bonds is 6. The quantitative estimate of drug-likeness (QED) is 0.845. The van der Waals surface area contributed by atoms with Crippen LogP contribution >= 0.6 is 0 Å². The number of nitrogens with two attached hydrogens (primary N) is 1. The van der Waals surface area contributed by atoms with Crippen molar-refractivity contribution < 1.29 is 19.1 Å². The highest BCUT2D eigenvalue weighted by atomic mass is 16.5. The molecule has 0 bridgehead atoms. The number of amides is 2. The number of carbonyl (C=O) groups is 2. The van der Waals surface area contributed by atoms with Gasteiger partial charge in [0, 0.05) is 30.1 Å². The van der Waals surface area contributed by atoms with Crippen molar-refractivity contribution in [2.75, 3.05) is 25.2 Å². The van der Waals surface area contributed by atoms with Gasteiger partial charge in [-0.2, -0.15) is 5.26 Å². The van der Waals surface area contributed by atoms with Crippen molar-refractivity contribution in [3.63, 3.8) is 0 Å². The van der Waals surface area contributed by atoms with Crippen LogP contribution in [0.5, 0.6) is 11.5 Å². The molecule has 7 nitrogen and oxygen atoms in total. The molecule has 138 valence electrons. The fourth-order valence-corrected chi connectivity index (χ4v) is 3.18. The van der Waals surface area contributed by atoms with Crippen molar-refractivity contribution in [1.82, 2.24) is 0 Å². The number of methoxy groups -OCH3 is 1. The Labute approximate surface area is 156 Å². The molecule has 27 heavy (non-hydrogen) atoms. The van der Waals surface area contributed by atoms with Crippen LogP contribution in [0.1, 0.15) is 28.3 Å². The summed E-state index contributed by atoms with van der Waals surface area (Å²) in [7, 11) is 1.53. The van der Waals surface area contributed by atoms with E-state index in [0.29, 0.717) is 35.7 Å². The Hall–Kier alpha value is -3.53. The molecule has 1 unspecified atom stereocenters. The maximum Gasteiger partial charge on any atom is 0.248 e. The molecular formula is C20H19N3O4. The molecule has 0 aliphatic carbocycles. The molecule has 1 atom stereocenters. The van der Waals surface area contributed by atoms with Gasteiger partial charge in [-0.1, -0.05) is 12.1 Å². The molecule has 1 aliphatic rings. The van der Waals surface area contributed by atoms with Crippen molar-refractivity contribution in [2.45, 2.75) is 12.3 Å². The summed E-state index contributed by atoms with van der Waals surface area (Å²) in [4.78, 5) is 25.6. The molecule has 2 aromatic rings. The van der Waals surface area contributed by atoms with Crippen LogP contribution in [0.3, 0.4) is 0 Å². The van der Waals surface area contributed by atoms with Gasteiger partial charge in [-0.25, -0.2) is 0 Å². The molecule has 2 amide bonds. The Morgan fingerprint density at radius 2 is 2.11 bits per heavy atom. The lowest BCUT2D eigenvalue weighted by atomic mass is 9.98. The Morgan fingerprint density at radius 3 is 2.81 bits per heavy atom. The Morgan fingerprint density at radius 1 is 1.30 bits per heavy atom. The number of hydrogen-bond acceptors (Lipinski definition) is 5. The number of ether oxygens (including phenoxy) is 2. The summed E-state index contributed by atoms with van der Waals surface area (Å²) in [5, 5.41) is 8.73. The Balaban J connectivity index is 1.84. The summed E-state index contributed by atoms with van der Waals surface area (Å²) >= 11 is 0. The van der Waals surface area contributed by atoms with E-state index in [2.05, 4.69) is 0 Å². The number of benzene rings is 2. The minimum Gasteiger partial charge on any atom is -0.493 e. The average Bonchev–Trinajstić information content (AvgIpc) is 3.08. The van der Waals surface area contributed by atoms with Crippen molar-refractivity contribution in [3.8, 4) is 17.6 Å². The summed E-state index contributed by atoms with van der Waals surface area (Å²) in [6.45, 7) is 0.389. The molecule has 1 aliphatic heterocycles. The van der Waals surface area contributed by atoms with Crippen LogP contribution in [0.15, 0.2) is 42.5 Å². The van der Waals surface area contributed by atoms with Crippen LogP contribution in [0.2, 0.25) is 0 Å². The summed E-state index contributed by atoms with van der Waals surface area (Å²) < 4.78 is 10.7. The van der Waals surface area contributed by atoms with Gasteiger partial charge in [-0.3, -0.25) is 9.59 Å². The van der Waals surface area contributed by atoms with E-state index in [9.17, 15) is 9.59 Å². The zero-order chi connectivity index (χ0) is 19.4. The molecule has 0 saturated carbocycles. The van der Waals surface area contributed by atoms with E-state index in [1.54, 1.807) is 41.3 Å². The lowest BCUT2D eigenvalue weighted by Crippen LogP contribution is -2.24. The predicted molar refractivity (Wildman–Crippen MR) is 98.8 cm³/mol. The zero-order valence-corrected chi connectivity index (χ0v) is 14.8. The van der Waals surface area contributed by atoms with Gasteiger partial charge in [0.25, 0.3) is 0 Å². The smallest absolute Gasteiger partial charge is 0.248 e. The fourth-order valence-electron chi connectivity index (χ4n) is 3.18. The summed E-state index contributed by atoms with van der Waals surface area (Å²) in [6.07, 6.45) is 0.338. The predicted octanol–water partition coefficient (Wildman–Crippen LogP) is 2.22. The van der Waals surface area contributed by atoms with Gasteiger partial charge in [-0.05, 0) is 35.9 Å². The summed E-state index contributed by atoms with van der Waals surface area (Å²) in [5.74, 6) is 0.402. The third-order valence-electron chi connectivity index (χ3n) is 4.52. The molecule has 1 saturated heterocycles. The first-order chi connectivity index (χ1) is 13.0. The largest absolute Gasteiger partial charge is 0.493 e. The molecule has 1 heterocycles. The fraction of sp³-hybridized carbons (Fsp3) is 0.250. The normalized spacial score (nSPS) is 16.1. The van der Waals surface area contributed by atoms with E-state index in [-0.39, 0.29) is 18.4 Å². The average molecular weight is 365 g/mol. The van der Waals surface area contributed by atoms with Crippen LogP contribution in [-0.4, -0.2) is 32.1 Å². The van der Waals surface area contributed by atoms with Gasteiger partial charge in [-0.15, -0.1) is 0 Å². The Bertz CT molecular complexity index is 920. The number of primary amides is 1. The number of anilines is 1. The van der Waals surface area contributed by atoms with Crippen molar-refractivity contribution >= 4 is 17.5 Å². The minimum atomic E-state index is -0.533. The topological polar surface area (TPSA) is 106 Å². The lowest BCUT2D eigenvalue weighted by molar-refractivity contribution is -0.117. The van der Waals surface area contributed by atoms with Crippen molar-refractivity contribution in [3.05, 3.63) is 53.6 Å². The number of nitriles is 1. The maximum absolute atomic E-state index is 12.5. The van der Waals surface area contributed by atoms with E-state index < -0.39 is 5.91 Å². The standard InChI is InChI=1S/C20H19N3O4/c1-26-17-6-5-13(10-18(17)27-8-7-21)15-11-19(24)23(12-15)16-4-2-3-14(9-16)20(22)25/h2-6,9-10,15H,8,11-12H2,1H3,(H2,22,25). The van der Waals surface area contributed by atoms with E-state index in [1.807, 2.05) is 12.1 Å². The molecule has 0 spiro atoms. The van der Waals surface area contributed by atoms with Crippen molar-refractivity contribution in [1.29, 1.82) is 5.26 Å². The second kappa shape index (κ2) is 7.79. The second-order valence-electron chi connectivity index (χ2n) is 6.18. The van der Waals surface area contributed by atoms with E-state index >= 15 is 0 Å². The third-order valence-corrected chi connectivity index (χ3v) is 4.52. The highest BCUT2D eigenvalue weighted by Crippen LogP contribution is 2.36. The summed E-state index contributed by atoms with van der Waals surface area (Å²) in [6, 6.07) is 14.1. The monoisotopic (exact) mass is 365 g/mol. The molecule has 2 N–H and O–H groups in total. The molecule has 0 radical (unpaired) electrons. The van der Waals surface area contributed by atoms with E-state index in [1.165, 1.54) is 7.11 Å². The zero-order valence-electron chi connectivity index (χ0n) is 14.8. The number of carbonyl (C=O) groups excluding carboxylic acids is 2. The molecule has 2 aromatic carbocycles. The molecule has 1 fully saturated rings. The number of nitrogens with zero attached hydrogens (tertiary/aromatic N) is 2. The van der Waals surface area contributed by atoms with Gasteiger partial charge in [0.2, 0.25) is 11.8 Å². The highest BCUT2D eigenvalue weighted by Gasteiger charge is 2.32. The van der Waals surface area contributed by atoms with Gasteiger partial charge < -0.3 is 20.1 Å². The maximum atomic E-state index is 12.5. The first-order valence-electron chi connectivity index (χ1n) is 8.41. The van der Waals surface area contributed by atoms with Gasteiger partial charge in [0.1, 0.15) is 6.07 Å². The van der Waals surface area contributed by atoms with Crippen LogP contribution in [-0.2, 0) is 4.79 Å². The highest BCUT2D eigenvalue weighted by molar-refractivity contribution is 5.99. The van der Waals surface area contributed by atoms with E-state index in [0.717, 1.165) is 5.56 Å². The van der Waals surface area contributed by atoms with Crippen molar-refractivity contribution in [2.24, 2.45) is 5.73 Å². The summed E-state index contributed by atoms with van der Waals surface area (Å²) in [5.41, 5.74) is 7.26. The van der Waals surface area contributed by atoms with Crippen LogP contribution in [0, 0.1) is 11.3 Å². The molecule has 0 aromatic heterocycles. The molecule has 7 heteroatoms. The Kier molecular flexibility index (Phi) is 5.27. The lowest BCUT2D eigenvalue weighted by Gasteiger charge is -2.18. The molecule has 3 rings (SSSR count). The van der Waals surface area contributed by atoms with Gasteiger partial charge in [0.05, 0.1) is 7.11 Å². The second-order valence-corrected chi connectivity index (χ2v) is 6.18. The molecular weight excluding hydrogens is 346 g/mol. The first kappa shape index (κ1) is 18.3. The number of hydrogen-bond donors (Lipinski definition) is 1. The van der Waals surface area contributed by atoms with E-state index in [4.69, 9.17) is 20.5 Å². The minimum absolute atomic E-state index is 0.0306. The van der Waals surface area contributed by atoms with Crippen LogP contribution in [0.4, 0.5) is 5.69 Å². The van der Waals surface area contributed by atoms with Crippen LogP contribution < -0.4 is 20.1 Å². The van der Waals surface area contributed by atoms with Gasteiger partial charge in [0.15, 0.2) is 18.1 Å². The third kappa shape index (κ3) is 3.85. The van der Waals surface area contributed by atoms with Crippen LogP contribution in [0.25, 0.3) is 0 Å². The first-order valence-corrected chi connectivity index (χ1v) is 8.41. The van der Waals surface area contributed by atoms with Gasteiger partial charge >= 0.3 is 0 Å².